The van der Waals surface area contributed by atoms with Crippen LogP contribution in [0.25, 0.3) is 5.69 Å². The van der Waals surface area contributed by atoms with Crippen molar-refractivity contribution in [3.63, 3.8) is 0 Å². The quantitative estimate of drug-likeness (QED) is 0.615. The molecule has 0 unspecified atom stereocenters. The molecular weight excluding hydrogens is 418 g/mol. The summed E-state index contributed by atoms with van der Waals surface area (Å²) in [6, 6.07) is 10.3. The fraction of sp³-hybridized carbons (Fsp3) is 0.542. The average Bonchev–Trinajstić information content (AvgIpc) is 2.84. The van der Waals surface area contributed by atoms with Gasteiger partial charge in [-0.2, -0.15) is 4.98 Å². The molecule has 0 spiro atoms. The van der Waals surface area contributed by atoms with Crippen LogP contribution >= 0.6 is 0 Å². The monoisotopic (exact) mass is 453 g/mol. The normalized spacial score (nSPS) is 21.2. The van der Waals surface area contributed by atoms with Crippen LogP contribution in [-0.4, -0.2) is 70.2 Å². The molecule has 0 bridgehead atoms. The number of piperazine rings is 1. The Morgan fingerprint density at radius 3 is 2.64 bits per heavy atom. The van der Waals surface area contributed by atoms with E-state index in [2.05, 4.69) is 39.6 Å². The lowest BCUT2D eigenvalue weighted by molar-refractivity contribution is 0.147. The van der Waals surface area contributed by atoms with Crippen molar-refractivity contribution >= 4 is 11.8 Å². The van der Waals surface area contributed by atoms with E-state index in [0.29, 0.717) is 25.2 Å². The number of anilines is 1. The number of nitrogens with one attached hydrogen (secondary N) is 2. The van der Waals surface area contributed by atoms with Gasteiger partial charge in [0, 0.05) is 51.0 Å². The lowest BCUT2D eigenvalue weighted by atomic mass is 9.90. The van der Waals surface area contributed by atoms with Crippen molar-refractivity contribution in [1.82, 2.24) is 24.7 Å². The van der Waals surface area contributed by atoms with Gasteiger partial charge in [0.15, 0.2) is 0 Å². The topological polar surface area (TPSA) is 109 Å². The van der Waals surface area contributed by atoms with Crippen LogP contribution in [0.2, 0.25) is 0 Å². The Hall–Kier alpha value is -2.75. The Morgan fingerprint density at radius 1 is 1.21 bits per heavy atom. The van der Waals surface area contributed by atoms with Gasteiger partial charge in [0.25, 0.3) is 0 Å². The SMILES string of the molecule is CCN(Cc1ccc(-n2ccc(NC(=O)N3CCNCC3)nc2=O)cc1)[C@H]1CCC[C@@H](N)C1. The van der Waals surface area contributed by atoms with E-state index in [0.717, 1.165) is 44.7 Å². The number of aromatic nitrogens is 2. The molecule has 2 fully saturated rings. The minimum Gasteiger partial charge on any atom is -0.328 e. The van der Waals surface area contributed by atoms with Crippen molar-refractivity contribution in [2.45, 2.75) is 51.2 Å². The smallest absolute Gasteiger partial charge is 0.328 e. The number of nitrogens with two attached hydrogens (primary N) is 1. The van der Waals surface area contributed by atoms with Crippen LogP contribution in [0.1, 0.15) is 38.2 Å². The number of hydrogen-bond donors (Lipinski definition) is 3. The number of carbonyl (C=O) groups excluding carboxylic acids is 1. The Bertz CT molecular complexity index is 985. The lowest BCUT2D eigenvalue weighted by Gasteiger charge is -2.36. The number of hydrogen-bond acceptors (Lipinski definition) is 6. The molecule has 9 nitrogen and oxygen atoms in total. The molecule has 2 aliphatic rings. The second kappa shape index (κ2) is 10.9. The Kier molecular flexibility index (Phi) is 7.74. The van der Waals surface area contributed by atoms with Crippen molar-refractivity contribution in [2.75, 3.05) is 38.0 Å². The predicted octanol–water partition coefficient (Wildman–Crippen LogP) is 1.76. The molecule has 1 saturated carbocycles. The molecule has 33 heavy (non-hydrogen) atoms. The number of carbonyl (C=O) groups is 1. The van der Waals surface area contributed by atoms with Crippen molar-refractivity contribution in [3.8, 4) is 5.69 Å². The van der Waals surface area contributed by atoms with Gasteiger partial charge in [-0.25, -0.2) is 9.59 Å². The molecule has 2 amide bonds. The van der Waals surface area contributed by atoms with E-state index in [1.54, 1.807) is 17.2 Å². The van der Waals surface area contributed by atoms with Gasteiger partial charge in [0.05, 0.1) is 5.69 Å². The van der Waals surface area contributed by atoms with E-state index in [1.807, 2.05) is 12.1 Å². The summed E-state index contributed by atoms with van der Waals surface area (Å²) in [7, 11) is 0. The summed E-state index contributed by atoms with van der Waals surface area (Å²) in [4.78, 5) is 33.2. The maximum absolute atomic E-state index is 12.6. The largest absolute Gasteiger partial charge is 0.354 e. The number of urea groups is 1. The average molecular weight is 454 g/mol. The second-order valence-electron chi connectivity index (χ2n) is 8.94. The van der Waals surface area contributed by atoms with E-state index in [1.165, 1.54) is 23.0 Å². The molecule has 1 aromatic heterocycles. The summed E-state index contributed by atoms with van der Waals surface area (Å²) in [5, 5.41) is 5.93. The predicted molar refractivity (Wildman–Crippen MR) is 130 cm³/mol. The number of benzene rings is 1. The van der Waals surface area contributed by atoms with Crippen LogP contribution < -0.4 is 22.1 Å². The molecule has 2 aromatic rings. The van der Waals surface area contributed by atoms with E-state index in [4.69, 9.17) is 5.73 Å². The van der Waals surface area contributed by atoms with Crippen LogP contribution in [0.4, 0.5) is 10.6 Å². The van der Waals surface area contributed by atoms with Crippen LogP contribution in [-0.2, 0) is 6.54 Å². The first-order chi connectivity index (χ1) is 16.0. The minimum atomic E-state index is -0.424. The highest BCUT2D eigenvalue weighted by molar-refractivity contribution is 5.88. The standard InChI is InChI=1S/C24H35N7O2/c1-2-29(21-5-3-4-19(25)16-21)17-18-6-8-20(9-7-18)31-13-10-22(28-24(31)33)27-23(32)30-14-11-26-12-15-30/h6-10,13,19,21,26H,2-5,11-12,14-17,25H2,1H3,(H,27,28,32,33)/t19-,21+/m1/s1. The minimum absolute atomic E-state index is 0.232. The zero-order chi connectivity index (χ0) is 23.2. The Balaban J connectivity index is 1.39. The van der Waals surface area contributed by atoms with Crippen molar-refractivity contribution in [2.24, 2.45) is 5.73 Å². The molecule has 1 aliphatic carbocycles. The zero-order valence-electron chi connectivity index (χ0n) is 19.4. The fourth-order valence-corrected chi connectivity index (χ4v) is 4.75. The van der Waals surface area contributed by atoms with E-state index in [9.17, 15) is 9.59 Å². The molecule has 0 radical (unpaired) electrons. The molecule has 2 heterocycles. The van der Waals surface area contributed by atoms with Gasteiger partial charge in [0.1, 0.15) is 5.82 Å². The fourth-order valence-electron chi connectivity index (χ4n) is 4.75. The molecule has 9 heteroatoms. The second-order valence-corrected chi connectivity index (χ2v) is 8.94. The number of rotatable bonds is 6. The highest BCUT2D eigenvalue weighted by atomic mass is 16.2. The molecule has 4 N–H and O–H groups in total. The van der Waals surface area contributed by atoms with Crippen LogP contribution in [0.3, 0.4) is 0 Å². The van der Waals surface area contributed by atoms with Crippen LogP contribution in [0.15, 0.2) is 41.3 Å². The van der Waals surface area contributed by atoms with Crippen molar-refractivity contribution in [3.05, 3.63) is 52.6 Å². The van der Waals surface area contributed by atoms with Gasteiger partial charge in [-0.05, 0) is 49.6 Å². The molecule has 4 rings (SSSR count). The van der Waals surface area contributed by atoms with Gasteiger partial charge >= 0.3 is 11.7 Å². The molecular formula is C24H35N7O2. The third kappa shape index (κ3) is 5.98. The lowest BCUT2D eigenvalue weighted by Crippen LogP contribution is -2.48. The first-order valence-corrected chi connectivity index (χ1v) is 12.0. The van der Waals surface area contributed by atoms with Crippen LogP contribution in [0, 0.1) is 0 Å². The number of nitrogens with zero attached hydrogens (tertiary/aromatic N) is 4. The summed E-state index contributed by atoms with van der Waals surface area (Å²) in [5.41, 5.74) is 7.73. The summed E-state index contributed by atoms with van der Waals surface area (Å²) < 4.78 is 1.49. The summed E-state index contributed by atoms with van der Waals surface area (Å²) in [6.07, 6.45) is 6.24. The third-order valence-corrected chi connectivity index (χ3v) is 6.65. The Labute approximate surface area is 195 Å². The summed E-state index contributed by atoms with van der Waals surface area (Å²) in [5.74, 6) is 0.265. The van der Waals surface area contributed by atoms with Gasteiger partial charge in [-0.15, -0.1) is 0 Å². The number of amides is 2. The highest BCUT2D eigenvalue weighted by Gasteiger charge is 2.24. The molecule has 2 atom stereocenters. The van der Waals surface area contributed by atoms with Gasteiger partial charge in [0.2, 0.25) is 0 Å². The molecule has 1 aliphatic heterocycles. The molecule has 1 aromatic carbocycles. The van der Waals surface area contributed by atoms with E-state index < -0.39 is 5.69 Å². The maximum Gasteiger partial charge on any atom is 0.354 e. The van der Waals surface area contributed by atoms with Gasteiger partial charge in [-0.1, -0.05) is 25.5 Å². The molecule has 1 saturated heterocycles. The first-order valence-electron chi connectivity index (χ1n) is 12.0. The van der Waals surface area contributed by atoms with E-state index in [-0.39, 0.29) is 11.8 Å². The summed E-state index contributed by atoms with van der Waals surface area (Å²) in [6.45, 7) is 6.87. The van der Waals surface area contributed by atoms with Gasteiger partial charge < -0.3 is 16.0 Å². The van der Waals surface area contributed by atoms with Crippen molar-refractivity contribution in [1.29, 1.82) is 0 Å². The van der Waals surface area contributed by atoms with E-state index >= 15 is 0 Å². The zero-order valence-corrected chi connectivity index (χ0v) is 19.4. The van der Waals surface area contributed by atoms with Crippen LogP contribution in [0.5, 0.6) is 0 Å². The Morgan fingerprint density at radius 2 is 1.97 bits per heavy atom. The third-order valence-electron chi connectivity index (χ3n) is 6.65. The van der Waals surface area contributed by atoms with Crippen molar-refractivity contribution < 1.29 is 4.79 Å². The first kappa shape index (κ1) is 23.4. The van der Waals surface area contributed by atoms with Gasteiger partial charge in [-0.3, -0.25) is 14.8 Å². The summed E-state index contributed by atoms with van der Waals surface area (Å²) >= 11 is 0. The maximum atomic E-state index is 12.6. The highest BCUT2D eigenvalue weighted by Crippen LogP contribution is 2.23. The molecule has 178 valence electrons.